The first-order chi connectivity index (χ1) is 9.40. The molecule has 0 aliphatic rings. The summed E-state index contributed by atoms with van der Waals surface area (Å²) < 4.78 is 0.799. The van der Waals surface area contributed by atoms with Gasteiger partial charge in [0.1, 0.15) is 0 Å². The van der Waals surface area contributed by atoms with Crippen LogP contribution in [0.2, 0.25) is 0 Å². The summed E-state index contributed by atoms with van der Waals surface area (Å²) in [6, 6.07) is 9.34. The van der Waals surface area contributed by atoms with Crippen LogP contribution < -0.4 is 11.1 Å². The molecule has 2 rings (SSSR count). The van der Waals surface area contributed by atoms with Crippen molar-refractivity contribution in [3.63, 3.8) is 0 Å². The predicted molar refractivity (Wildman–Crippen MR) is 88.2 cm³/mol. The Morgan fingerprint density at radius 1 is 1.40 bits per heavy atom. The molecule has 1 aromatic heterocycles. The minimum atomic E-state index is -0.103. The van der Waals surface area contributed by atoms with Crippen LogP contribution in [0, 0.1) is 0 Å². The second-order valence-corrected chi connectivity index (χ2v) is 7.08. The number of carbonyl (C=O) groups excluding carboxylic acids is 1. The number of benzene rings is 1. The van der Waals surface area contributed by atoms with Gasteiger partial charge in [-0.1, -0.05) is 19.9 Å². The molecule has 1 aromatic carbocycles. The van der Waals surface area contributed by atoms with Crippen molar-refractivity contribution in [3.8, 4) is 0 Å². The Bertz CT molecular complexity index is 608. The van der Waals surface area contributed by atoms with Gasteiger partial charge in [0.15, 0.2) is 0 Å². The first kappa shape index (κ1) is 15.1. The smallest absolute Gasteiger partial charge is 0.251 e. The van der Waals surface area contributed by atoms with Crippen LogP contribution in [-0.2, 0) is 5.41 Å². The maximum Gasteiger partial charge on any atom is 0.251 e. The van der Waals surface area contributed by atoms with Gasteiger partial charge in [-0.15, -0.1) is 11.3 Å². The molecular weight excluding hydrogens is 336 g/mol. The van der Waals surface area contributed by atoms with Crippen molar-refractivity contribution in [2.45, 2.75) is 19.3 Å². The van der Waals surface area contributed by atoms with Crippen LogP contribution >= 0.6 is 27.3 Å². The number of nitrogen functional groups attached to an aromatic ring is 1. The molecule has 0 radical (unpaired) electrons. The lowest BCUT2D eigenvalue weighted by atomic mass is 9.91. The molecular formula is C15H17BrN2OS. The Balaban J connectivity index is 2.03. The zero-order valence-electron chi connectivity index (χ0n) is 11.4. The number of carbonyl (C=O) groups is 1. The van der Waals surface area contributed by atoms with E-state index in [-0.39, 0.29) is 11.3 Å². The van der Waals surface area contributed by atoms with Crippen molar-refractivity contribution in [3.05, 3.63) is 50.6 Å². The van der Waals surface area contributed by atoms with E-state index in [9.17, 15) is 4.79 Å². The number of anilines is 1. The molecule has 1 amide bonds. The van der Waals surface area contributed by atoms with Gasteiger partial charge in [0, 0.05) is 32.6 Å². The molecule has 0 spiro atoms. The van der Waals surface area contributed by atoms with E-state index in [0.29, 0.717) is 17.8 Å². The van der Waals surface area contributed by atoms with Crippen molar-refractivity contribution in [2.24, 2.45) is 0 Å². The number of amides is 1. The quantitative estimate of drug-likeness (QED) is 0.822. The van der Waals surface area contributed by atoms with Crippen molar-refractivity contribution < 1.29 is 4.79 Å². The average Bonchev–Trinajstić information content (AvgIpc) is 2.94. The van der Waals surface area contributed by atoms with E-state index in [2.05, 4.69) is 41.2 Å². The summed E-state index contributed by atoms with van der Waals surface area (Å²) in [6.07, 6.45) is 0. The van der Waals surface area contributed by atoms with E-state index in [1.54, 1.807) is 29.5 Å². The van der Waals surface area contributed by atoms with Gasteiger partial charge < -0.3 is 11.1 Å². The molecule has 3 N–H and O–H groups in total. The van der Waals surface area contributed by atoms with Crippen LogP contribution in [0.25, 0.3) is 0 Å². The van der Waals surface area contributed by atoms with Gasteiger partial charge in [0.25, 0.3) is 5.91 Å². The van der Waals surface area contributed by atoms with Crippen molar-refractivity contribution in [1.82, 2.24) is 5.32 Å². The van der Waals surface area contributed by atoms with Gasteiger partial charge in [0.2, 0.25) is 0 Å². The molecule has 5 heteroatoms. The van der Waals surface area contributed by atoms with Gasteiger partial charge in [-0.05, 0) is 45.6 Å². The van der Waals surface area contributed by atoms with Crippen molar-refractivity contribution >= 4 is 38.9 Å². The average molecular weight is 353 g/mol. The second-order valence-electron chi connectivity index (χ2n) is 5.28. The molecule has 106 valence electrons. The summed E-state index contributed by atoms with van der Waals surface area (Å²) in [7, 11) is 0. The summed E-state index contributed by atoms with van der Waals surface area (Å²) in [6.45, 7) is 4.83. The fourth-order valence-electron chi connectivity index (χ4n) is 1.84. The third-order valence-corrected chi connectivity index (χ3v) is 5.10. The van der Waals surface area contributed by atoms with Gasteiger partial charge in [-0.25, -0.2) is 0 Å². The van der Waals surface area contributed by atoms with E-state index in [4.69, 9.17) is 5.73 Å². The Kier molecular flexibility index (Phi) is 4.50. The molecule has 0 atom stereocenters. The minimum Gasteiger partial charge on any atom is -0.398 e. The summed E-state index contributed by atoms with van der Waals surface area (Å²) >= 11 is 5.02. The van der Waals surface area contributed by atoms with Crippen LogP contribution in [0.1, 0.15) is 29.1 Å². The predicted octanol–water partition coefficient (Wildman–Crippen LogP) is 3.80. The van der Waals surface area contributed by atoms with Gasteiger partial charge >= 0.3 is 0 Å². The summed E-state index contributed by atoms with van der Waals surface area (Å²) in [5.74, 6) is -0.103. The normalized spacial score (nSPS) is 11.3. The number of halogens is 1. The zero-order valence-corrected chi connectivity index (χ0v) is 13.8. The third kappa shape index (κ3) is 3.41. The lowest BCUT2D eigenvalue weighted by molar-refractivity contribution is 0.0946. The molecule has 3 nitrogen and oxygen atoms in total. The Morgan fingerprint density at radius 3 is 2.75 bits per heavy atom. The SMILES string of the molecule is CC(C)(CNC(=O)c1ccc(Br)c(N)c1)c1cccs1. The summed E-state index contributed by atoms with van der Waals surface area (Å²) in [4.78, 5) is 13.4. The maximum absolute atomic E-state index is 12.1. The monoisotopic (exact) mass is 352 g/mol. The summed E-state index contributed by atoms with van der Waals surface area (Å²) in [5, 5.41) is 5.02. The molecule has 0 fully saturated rings. The molecule has 0 aliphatic heterocycles. The fraction of sp³-hybridized carbons (Fsp3) is 0.267. The zero-order chi connectivity index (χ0) is 14.8. The molecule has 20 heavy (non-hydrogen) atoms. The van der Waals surface area contributed by atoms with E-state index in [1.807, 2.05) is 11.4 Å². The Hall–Kier alpha value is -1.33. The first-order valence-corrected chi connectivity index (χ1v) is 7.94. The molecule has 0 bridgehead atoms. The standard InChI is InChI=1S/C15H17BrN2OS/c1-15(2,13-4-3-7-20-13)9-18-14(19)10-5-6-11(16)12(17)8-10/h3-8H,9,17H2,1-2H3,(H,18,19). The van der Waals surface area contributed by atoms with Gasteiger partial charge in [0.05, 0.1) is 0 Å². The lowest BCUT2D eigenvalue weighted by Gasteiger charge is -2.23. The first-order valence-electron chi connectivity index (χ1n) is 6.27. The van der Waals surface area contributed by atoms with E-state index < -0.39 is 0 Å². The topological polar surface area (TPSA) is 55.1 Å². The van der Waals surface area contributed by atoms with Crippen molar-refractivity contribution in [1.29, 1.82) is 0 Å². The minimum absolute atomic E-state index is 0.0786. The van der Waals surface area contributed by atoms with Crippen molar-refractivity contribution in [2.75, 3.05) is 12.3 Å². The highest BCUT2D eigenvalue weighted by Gasteiger charge is 2.22. The number of rotatable bonds is 4. The molecule has 0 saturated carbocycles. The third-order valence-electron chi connectivity index (χ3n) is 3.14. The molecule has 0 aliphatic carbocycles. The molecule has 2 aromatic rings. The maximum atomic E-state index is 12.1. The van der Waals surface area contributed by atoms with E-state index in [1.165, 1.54) is 4.88 Å². The second kappa shape index (κ2) is 5.97. The number of hydrogen-bond acceptors (Lipinski definition) is 3. The molecule has 0 saturated heterocycles. The lowest BCUT2D eigenvalue weighted by Crippen LogP contribution is -2.36. The summed E-state index contributed by atoms with van der Waals surface area (Å²) in [5.41, 5.74) is 6.86. The van der Waals surface area contributed by atoms with Gasteiger partial charge in [-0.2, -0.15) is 0 Å². The largest absolute Gasteiger partial charge is 0.398 e. The van der Waals surface area contributed by atoms with Crippen LogP contribution in [-0.4, -0.2) is 12.5 Å². The highest BCUT2D eigenvalue weighted by molar-refractivity contribution is 9.10. The number of nitrogens with two attached hydrogens (primary N) is 1. The van der Waals surface area contributed by atoms with E-state index >= 15 is 0 Å². The van der Waals surface area contributed by atoms with Crippen LogP contribution in [0.3, 0.4) is 0 Å². The van der Waals surface area contributed by atoms with Crippen LogP contribution in [0.5, 0.6) is 0 Å². The van der Waals surface area contributed by atoms with Crippen LogP contribution in [0.4, 0.5) is 5.69 Å². The Labute approximate surface area is 131 Å². The number of hydrogen-bond donors (Lipinski definition) is 2. The fourth-order valence-corrected chi connectivity index (χ4v) is 2.94. The number of nitrogens with one attached hydrogen (secondary N) is 1. The number of thiophene rings is 1. The highest BCUT2D eigenvalue weighted by Crippen LogP contribution is 2.27. The molecule has 0 unspecified atom stereocenters. The molecule has 1 heterocycles. The van der Waals surface area contributed by atoms with E-state index in [0.717, 1.165) is 4.47 Å². The highest BCUT2D eigenvalue weighted by atomic mass is 79.9. The Morgan fingerprint density at radius 2 is 2.15 bits per heavy atom. The van der Waals surface area contributed by atoms with Gasteiger partial charge in [-0.3, -0.25) is 4.79 Å². The van der Waals surface area contributed by atoms with Crippen LogP contribution in [0.15, 0.2) is 40.2 Å².